The first-order valence-electron chi connectivity index (χ1n) is 7.96. The van der Waals surface area contributed by atoms with Gasteiger partial charge in [-0.25, -0.2) is 15.0 Å². The maximum absolute atomic E-state index is 8.74. The highest BCUT2D eigenvalue weighted by Gasteiger charge is 2.13. The van der Waals surface area contributed by atoms with Crippen LogP contribution in [0.25, 0.3) is 0 Å². The van der Waals surface area contributed by atoms with Gasteiger partial charge in [-0.3, -0.25) is 0 Å². The van der Waals surface area contributed by atoms with Crippen LogP contribution in [-0.2, 0) is 0 Å². The summed E-state index contributed by atoms with van der Waals surface area (Å²) in [7, 11) is 0. The molecule has 0 spiro atoms. The minimum absolute atomic E-state index is 0.271. The molecule has 1 saturated heterocycles. The van der Waals surface area contributed by atoms with Crippen LogP contribution in [0.15, 0.2) is 24.7 Å². The predicted octanol–water partition coefficient (Wildman–Crippen LogP) is 1.62. The Morgan fingerprint density at radius 3 is 2.79 bits per heavy atom. The minimum Gasteiger partial charge on any atom is -0.396 e. The van der Waals surface area contributed by atoms with E-state index >= 15 is 0 Å². The summed E-state index contributed by atoms with van der Waals surface area (Å²) in [6.45, 7) is 1.90. The lowest BCUT2D eigenvalue weighted by molar-refractivity contribution is 0.414. The van der Waals surface area contributed by atoms with E-state index in [-0.39, 0.29) is 5.69 Å². The van der Waals surface area contributed by atoms with Crippen molar-refractivity contribution in [3.8, 4) is 6.07 Å². The smallest absolute Gasteiger partial charge is 0.158 e. The number of pyridine rings is 1. The number of nitrogens with one attached hydrogen (secondary N) is 3. The van der Waals surface area contributed by atoms with Crippen molar-refractivity contribution in [3.05, 3.63) is 30.4 Å². The summed E-state index contributed by atoms with van der Waals surface area (Å²) in [5.74, 6) is 1.13. The molecular weight excluding hydrogens is 304 g/mol. The molecule has 24 heavy (non-hydrogen) atoms. The second kappa shape index (κ2) is 7.57. The van der Waals surface area contributed by atoms with Crippen LogP contribution in [0.4, 0.5) is 23.0 Å². The predicted molar refractivity (Wildman–Crippen MR) is 92.8 cm³/mol. The number of piperidine rings is 1. The maximum Gasteiger partial charge on any atom is 0.158 e. The Kier molecular flexibility index (Phi) is 5.03. The zero-order valence-electron chi connectivity index (χ0n) is 13.3. The largest absolute Gasteiger partial charge is 0.396 e. The van der Waals surface area contributed by atoms with Crippen molar-refractivity contribution < 1.29 is 0 Å². The van der Waals surface area contributed by atoms with Crippen LogP contribution in [0.2, 0.25) is 0 Å². The van der Waals surface area contributed by atoms with E-state index in [1.165, 1.54) is 31.7 Å². The number of nitrogens with two attached hydrogens (primary N) is 1. The second-order valence-corrected chi connectivity index (χ2v) is 5.71. The summed E-state index contributed by atoms with van der Waals surface area (Å²) in [5.41, 5.74) is 7.70. The molecule has 1 atom stereocenters. The zero-order chi connectivity index (χ0) is 16.8. The normalized spacial score (nSPS) is 17.0. The van der Waals surface area contributed by atoms with E-state index in [1.807, 2.05) is 12.1 Å². The highest BCUT2D eigenvalue weighted by molar-refractivity contribution is 5.70. The molecule has 3 heterocycles. The topological polar surface area (TPSA) is 125 Å². The van der Waals surface area contributed by atoms with Crippen molar-refractivity contribution in [2.75, 3.05) is 29.5 Å². The third-order valence-corrected chi connectivity index (χ3v) is 3.91. The van der Waals surface area contributed by atoms with E-state index < -0.39 is 0 Å². The highest BCUT2D eigenvalue weighted by Crippen LogP contribution is 2.22. The van der Waals surface area contributed by atoms with Gasteiger partial charge in [0.05, 0.1) is 30.0 Å². The first-order chi connectivity index (χ1) is 11.7. The summed E-state index contributed by atoms with van der Waals surface area (Å²) < 4.78 is 0. The summed E-state index contributed by atoms with van der Waals surface area (Å²) in [6, 6.07) is 4.24. The van der Waals surface area contributed by atoms with Gasteiger partial charge in [0.1, 0.15) is 17.7 Å². The van der Waals surface area contributed by atoms with E-state index in [9.17, 15) is 0 Å². The standard InChI is InChI=1S/C16H20N8/c17-6-12-8-22-16(10-20-12)24-15-5-14(13(18)9-23-15)21-7-11-3-1-2-4-19-11/h5,8-11,19H,1-4,7,18H2,(H2,21,22,23,24)/t11-/m1/s1. The fourth-order valence-electron chi connectivity index (χ4n) is 2.60. The van der Waals surface area contributed by atoms with E-state index in [4.69, 9.17) is 11.0 Å². The molecule has 0 unspecified atom stereocenters. The molecule has 8 heteroatoms. The molecule has 0 bridgehead atoms. The molecule has 0 saturated carbocycles. The van der Waals surface area contributed by atoms with E-state index in [2.05, 4.69) is 30.9 Å². The van der Waals surface area contributed by atoms with Gasteiger partial charge in [0.15, 0.2) is 5.69 Å². The van der Waals surface area contributed by atoms with Gasteiger partial charge in [0.25, 0.3) is 0 Å². The lowest BCUT2D eigenvalue weighted by Crippen LogP contribution is -2.39. The third-order valence-electron chi connectivity index (χ3n) is 3.91. The highest BCUT2D eigenvalue weighted by atomic mass is 15.1. The van der Waals surface area contributed by atoms with Gasteiger partial charge in [0.2, 0.25) is 0 Å². The summed E-state index contributed by atoms with van der Waals surface area (Å²) in [4.78, 5) is 12.3. The Labute approximate surface area is 140 Å². The number of rotatable bonds is 5. The molecule has 1 fully saturated rings. The van der Waals surface area contributed by atoms with Crippen LogP contribution in [0.1, 0.15) is 25.0 Å². The Morgan fingerprint density at radius 1 is 1.21 bits per heavy atom. The number of nitrogen functional groups attached to an aromatic ring is 1. The SMILES string of the molecule is N#Cc1cnc(Nc2cc(NC[C@H]3CCCCN3)c(N)cn2)cn1. The Balaban J connectivity index is 1.65. The van der Waals surface area contributed by atoms with Crippen molar-refractivity contribution >= 4 is 23.0 Å². The molecular formula is C16H20N8. The monoisotopic (exact) mass is 324 g/mol. The maximum atomic E-state index is 8.74. The number of hydrogen-bond donors (Lipinski definition) is 4. The molecule has 1 aliphatic heterocycles. The second-order valence-electron chi connectivity index (χ2n) is 5.71. The minimum atomic E-state index is 0.271. The average Bonchev–Trinajstić information content (AvgIpc) is 2.63. The molecule has 0 aliphatic carbocycles. The Hall–Kier alpha value is -2.92. The first-order valence-corrected chi connectivity index (χ1v) is 7.96. The summed E-state index contributed by atoms with van der Waals surface area (Å²) >= 11 is 0. The van der Waals surface area contributed by atoms with E-state index in [0.717, 1.165) is 18.8 Å². The van der Waals surface area contributed by atoms with Crippen LogP contribution >= 0.6 is 0 Å². The zero-order valence-corrected chi connectivity index (χ0v) is 13.3. The van der Waals surface area contributed by atoms with Crippen molar-refractivity contribution in [2.45, 2.75) is 25.3 Å². The van der Waals surface area contributed by atoms with Gasteiger partial charge in [-0.2, -0.15) is 5.26 Å². The average molecular weight is 324 g/mol. The lowest BCUT2D eigenvalue weighted by Gasteiger charge is -2.24. The summed E-state index contributed by atoms with van der Waals surface area (Å²) in [6.07, 6.45) is 8.19. The first kappa shape index (κ1) is 16.0. The molecule has 124 valence electrons. The Morgan fingerprint density at radius 2 is 2.08 bits per heavy atom. The van der Waals surface area contributed by atoms with Gasteiger partial charge in [0, 0.05) is 18.7 Å². The van der Waals surface area contributed by atoms with Crippen LogP contribution in [0.5, 0.6) is 0 Å². The van der Waals surface area contributed by atoms with Crippen LogP contribution in [-0.4, -0.2) is 34.1 Å². The Bertz CT molecular complexity index is 716. The molecule has 0 amide bonds. The number of nitrogens with zero attached hydrogens (tertiary/aromatic N) is 4. The number of hydrogen-bond acceptors (Lipinski definition) is 8. The van der Waals surface area contributed by atoms with Crippen molar-refractivity contribution in [1.29, 1.82) is 5.26 Å². The van der Waals surface area contributed by atoms with Crippen molar-refractivity contribution in [2.24, 2.45) is 0 Å². The summed E-state index contributed by atoms with van der Waals surface area (Å²) in [5, 5.41) is 18.7. The van der Waals surface area contributed by atoms with Gasteiger partial charge in [-0.1, -0.05) is 6.42 Å². The van der Waals surface area contributed by atoms with Gasteiger partial charge >= 0.3 is 0 Å². The molecule has 3 rings (SSSR count). The van der Waals surface area contributed by atoms with Crippen LogP contribution in [0.3, 0.4) is 0 Å². The quantitative estimate of drug-likeness (QED) is 0.654. The molecule has 0 aromatic carbocycles. The van der Waals surface area contributed by atoms with E-state index in [0.29, 0.717) is 23.4 Å². The van der Waals surface area contributed by atoms with E-state index in [1.54, 1.807) is 6.20 Å². The fraction of sp³-hybridized carbons (Fsp3) is 0.375. The molecule has 8 nitrogen and oxygen atoms in total. The van der Waals surface area contributed by atoms with Crippen LogP contribution in [0, 0.1) is 11.3 Å². The molecule has 0 radical (unpaired) electrons. The molecule has 2 aromatic heterocycles. The third kappa shape index (κ3) is 4.08. The number of nitriles is 1. The lowest BCUT2D eigenvalue weighted by atomic mass is 10.1. The molecule has 1 aliphatic rings. The van der Waals surface area contributed by atoms with Crippen molar-refractivity contribution in [3.63, 3.8) is 0 Å². The van der Waals surface area contributed by atoms with Gasteiger partial charge < -0.3 is 21.7 Å². The number of aromatic nitrogens is 3. The van der Waals surface area contributed by atoms with Crippen LogP contribution < -0.4 is 21.7 Å². The van der Waals surface area contributed by atoms with Gasteiger partial charge in [-0.05, 0) is 19.4 Å². The van der Waals surface area contributed by atoms with Gasteiger partial charge in [-0.15, -0.1) is 0 Å². The number of anilines is 4. The molecule has 5 N–H and O–H groups in total. The van der Waals surface area contributed by atoms with Crippen molar-refractivity contribution in [1.82, 2.24) is 20.3 Å². The fourth-order valence-corrected chi connectivity index (χ4v) is 2.60. The molecule has 2 aromatic rings.